The summed E-state index contributed by atoms with van der Waals surface area (Å²) in [7, 11) is 2.11. The molecular weight excluding hydrogens is 208 g/mol. The molecule has 0 amide bonds. The van der Waals surface area contributed by atoms with Gasteiger partial charge in [0, 0.05) is 19.2 Å². The highest BCUT2D eigenvalue weighted by Crippen LogP contribution is 2.52. The molecule has 0 atom stereocenters. The van der Waals surface area contributed by atoms with E-state index >= 15 is 0 Å². The number of fused-ring (bicyclic) bond motifs is 2. The lowest BCUT2D eigenvalue weighted by molar-refractivity contribution is 0.541. The van der Waals surface area contributed by atoms with Crippen LogP contribution < -0.4 is 0 Å². The number of oxazole rings is 1. The molecule has 0 spiro atoms. The maximum absolute atomic E-state index is 5.43. The van der Waals surface area contributed by atoms with Crippen LogP contribution in [0.15, 0.2) is 27.1 Å². The average molecular weight is 220 g/mol. The molecule has 0 bridgehead atoms. The van der Waals surface area contributed by atoms with E-state index in [9.17, 15) is 0 Å². The minimum Gasteiger partial charge on any atom is -0.443 e. The first-order valence-corrected chi connectivity index (χ1v) is 5.75. The van der Waals surface area contributed by atoms with Gasteiger partial charge in [0.1, 0.15) is 0 Å². The average Bonchev–Trinajstić information content (AvgIpc) is 2.77. The van der Waals surface area contributed by atoms with Crippen LogP contribution in [0, 0.1) is 0 Å². The highest BCUT2D eigenvalue weighted by atomic mass is 32.2. The minimum atomic E-state index is 0.904. The molecule has 0 unspecified atom stereocenters. The maximum atomic E-state index is 5.43. The molecule has 78 valence electrons. The third kappa shape index (κ3) is 1.11. The molecule has 1 aromatic rings. The number of thioether (sulfide) groups is 1. The Morgan fingerprint density at radius 3 is 3.07 bits per heavy atom. The first kappa shape index (κ1) is 9.09. The fraction of sp³-hybridized carbons (Fsp3) is 0.364. The van der Waals surface area contributed by atoms with Crippen molar-refractivity contribution in [3.8, 4) is 0 Å². The van der Waals surface area contributed by atoms with Gasteiger partial charge in [0.2, 0.25) is 0 Å². The molecule has 15 heavy (non-hydrogen) atoms. The Hall–Kier alpha value is -1.16. The van der Waals surface area contributed by atoms with Crippen molar-refractivity contribution in [2.24, 2.45) is 0 Å². The van der Waals surface area contributed by atoms with Gasteiger partial charge >= 0.3 is 0 Å². The van der Waals surface area contributed by atoms with E-state index in [1.807, 2.05) is 0 Å². The monoisotopic (exact) mass is 220 g/mol. The molecule has 1 aromatic heterocycles. The van der Waals surface area contributed by atoms with Crippen molar-refractivity contribution in [3.63, 3.8) is 0 Å². The van der Waals surface area contributed by atoms with Gasteiger partial charge in [0.25, 0.3) is 0 Å². The lowest BCUT2D eigenvalue weighted by atomic mass is 10.3. The van der Waals surface area contributed by atoms with Crippen LogP contribution in [0.5, 0.6) is 0 Å². The highest BCUT2D eigenvalue weighted by molar-refractivity contribution is 8.12. The zero-order chi connectivity index (χ0) is 10.6. The van der Waals surface area contributed by atoms with Gasteiger partial charge in [0.15, 0.2) is 12.2 Å². The third-order valence-electron chi connectivity index (χ3n) is 2.78. The van der Waals surface area contributed by atoms with E-state index in [1.54, 1.807) is 11.8 Å². The SMILES string of the molecule is CC(C)=C1SC2=C(Cc3ncoc32)N1C. The highest BCUT2D eigenvalue weighted by Gasteiger charge is 2.36. The van der Waals surface area contributed by atoms with Crippen molar-refractivity contribution in [1.82, 2.24) is 9.88 Å². The quantitative estimate of drug-likeness (QED) is 0.672. The molecule has 0 aromatic carbocycles. The van der Waals surface area contributed by atoms with E-state index in [-0.39, 0.29) is 0 Å². The summed E-state index contributed by atoms with van der Waals surface area (Å²) >= 11 is 1.80. The normalized spacial score (nSPS) is 18.6. The number of hydrogen-bond acceptors (Lipinski definition) is 4. The van der Waals surface area contributed by atoms with E-state index in [0.717, 1.165) is 17.9 Å². The zero-order valence-corrected chi connectivity index (χ0v) is 9.81. The summed E-state index contributed by atoms with van der Waals surface area (Å²) in [5, 5.41) is 1.32. The molecule has 0 saturated carbocycles. The van der Waals surface area contributed by atoms with E-state index in [1.165, 1.54) is 27.6 Å². The zero-order valence-electron chi connectivity index (χ0n) is 9.00. The van der Waals surface area contributed by atoms with Gasteiger partial charge in [-0.15, -0.1) is 0 Å². The number of likely N-dealkylation sites (N-methyl/N-ethyl adjacent to an activating group) is 1. The summed E-state index contributed by atoms with van der Waals surface area (Å²) in [6, 6.07) is 0. The Labute approximate surface area is 92.9 Å². The van der Waals surface area contributed by atoms with Crippen molar-refractivity contribution >= 4 is 16.7 Å². The topological polar surface area (TPSA) is 29.3 Å². The van der Waals surface area contributed by atoms with Crippen LogP contribution in [-0.2, 0) is 6.42 Å². The minimum absolute atomic E-state index is 0.904. The molecular formula is C11H12N2OS. The van der Waals surface area contributed by atoms with Crippen LogP contribution in [0.3, 0.4) is 0 Å². The summed E-state index contributed by atoms with van der Waals surface area (Å²) in [6.07, 6.45) is 2.44. The molecule has 3 nitrogen and oxygen atoms in total. The van der Waals surface area contributed by atoms with Gasteiger partial charge < -0.3 is 9.32 Å². The Morgan fingerprint density at radius 2 is 2.33 bits per heavy atom. The first-order valence-electron chi connectivity index (χ1n) is 4.93. The van der Waals surface area contributed by atoms with E-state index < -0.39 is 0 Å². The van der Waals surface area contributed by atoms with Gasteiger partial charge in [-0.2, -0.15) is 0 Å². The predicted molar refractivity (Wildman–Crippen MR) is 60.9 cm³/mol. The summed E-state index contributed by atoms with van der Waals surface area (Å²) in [6.45, 7) is 4.28. The summed E-state index contributed by atoms with van der Waals surface area (Å²) in [5.74, 6) is 0.970. The van der Waals surface area contributed by atoms with Crippen LogP contribution >= 0.6 is 11.8 Å². The Morgan fingerprint density at radius 1 is 1.53 bits per heavy atom. The second-order valence-corrected chi connectivity index (χ2v) is 5.05. The van der Waals surface area contributed by atoms with Crippen LogP contribution in [0.2, 0.25) is 0 Å². The predicted octanol–water partition coefficient (Wildman–Crippen LogP) is 2.83. The third-order valence-corrected chi connectivity index (χ3v) is 4.28. The fourth-order valence-electron chi connectivity index (χ4n) is 2.05. The largest absolute Gasteiger partial charge is 0.443 e. The smallest absolute Gasteiger partial charge is 0.181 e. The summed E-state index contributed by atoms with van der Waals surface area (Å²) < 4.78 is 5.43. The first-order chi connectivity index (χ1) is 7.18. The fourth-order valence-corrected chi connectivity index (χ4v) is 3.28. The van der Waals surface area contributed by atoms with Crippen LogP contribution in [-0.4, -0.2) is 16.9 Å². The standard InChI is InChI=1S/C11H12N2OS/c1-6(2)11-13(3)8-4-7-9(10(8)15-11)14-5-12-7/h5H,4H2,1-3H3. The van der Waals surface area contributed by atoms with E-state index in [2.05, 4.69) is 30.8 Å². The van der Waals surface area contributed by atoms with E-state index in [0.29, 0.717) is 0 Å². The molecule has 0 radical (unpaired) electrons. The second-order valence-electron chi connectivity index (χ2n) is 4.05. The van der Waals surface area contributed by atoms with Gasteiger partial charge in [-0.25, -0.2) is 4.98 Å². The number of allylic oxidation sites excluding steroid dienone is 2. The Kier molecular flexibility index (Phi) is 1.77. The molecule has 1 aliphatic heterocycles. The van der Waals surface area contributed by atoms with Crippen molar-refractivity contribution < 1.29 is 4.42 Å². The molecule has 3 rings (SSSR count). The van der Waals surface area contributed by atoms with Crippen LogP contribution in [0.4, 0.5) is 0 Å². The number of nitrogens with zero attached hydrogens (tertiary/aromatic N) is 2. The maximum Gasteiger partial charge on any atom is 0.181 e. The second kappa shape index (κ2) is 2.92. The van der Waals surface area contributed by atoms with Crippen molar-refractivity contribution in [2.45, 2.75) is 20.3 Å². The molecule has 2 heterocycles. The van der Waals surface area contributed by atoms with Gasteiger partial charge in [-0.05, 0) is 19.4 Å². The van der Waals surface area contributed by atoms with E-state index in [4.69, 9.17) is 4.42 Å². The van der Waals surface area contributed by atoms with Gasteiger partial charge in [0.05, 0.1) is 15.6 Å². The van der Waals surface area contributed by atoms with Crippen molar-refractivity contribution in [2.75, 3.05) is 7.05 Å². The van der Waals surface area contributed by atoms with Gasteiger partial charge in [-0.3, -0.25) is 0 Å². The molecule has 0 fully saturated rings. The summed E-state index contributed by atoms with van der Waals surface area (Å²) in [5.41, 5.74) is 3.75. The lowest BCUT2D eigenvalue weighted by Crippen LogP contribution is -2.12. The summed E-state index contributed by atoms with van der Waals surface area (Å²) in [4.78, 5) is 7.73. The van der Waals surface area contributed by atoms with Crippen LogP contribution in [0.25, 0.3) is 4.91 Å². The number of rotatable bonds is 0. The number of aromatic nitrogens is 1. The molecule has 2 aliphatic rings. The lowest BCUT2D eigenvalue weighted by Gasteiger charge is -2.17. The Bertz CT molecular complexity index is 494. The molecule has 0 N–H and O–H groups in total. The molecule has 4 heteroatoms. The Balaban J connectivity index is 2.08. The van der Waals surface area contributed by atoms with Crippen LogP contribution in [0.1, 0.15) is 25.3 Å². The molecule has 1 aliphatic carbocycles. The number of hydrogen-bond donors (Lipinski definition) is 0. The van der Waals surface area contributed by atoms with Crippen molar-refractivity contribution in [1.29, 1.82) is 0 Å². The molecule has 0 saturated heterocycles. The van der Waals surface area contributed by atoms with Crippen molar-refractivity contribution in [3.05, 3.63) is 34.1 Å². The van der Waals surface area contributed by atoms with Gasteiger partial charge in [-0.1, -0.05) is 11.8 Å².